The molecule has 0 unspecified atom stereocenters. The van der Waals surface area contributed by atoms with E-state index in [2.05, 4.69) is 5.32 Å². The van der Waals surface area contributed by atoms with Crippen molar-refractivity contribution in [2.24, 2.45) is 0 Å². The number of carboxylic acid groups (broad SMARTS) is 1. The summed E-state index contributed by atoms with van der Waals surface area (Å²) in [5.74, 6) is -1.53. The Morgan fingerprint density at radius 2 is 1.76 bits per heavy atom. The van der Waals surface area contributed by atoms with E-state index in [1.165, 1.54) is 12.1 Å². The molecule has 188 valence electrons. The van der Waals surface area contributed by atoms with Crippen molar-refractivity contribution in [1.29, 1.82) is 0 Å². The van der Waals surface area contributed by atoms with Crippen LogP contribution in [0.3, 0.4) is 0 Å². The molecular formula is C28H24N2O6S. The van der Waals surface area contributed by atoms with E-state index in [-0.39, 0.29) is 23.6 Å². The Kier molecular flexibility index (Phi) is 7.74. The van der Waals surface area contributed by atoms with Crippen LogP contribution in [0.4, 0.5) is 10.5 Å². The molecule has 3 amide bonds. The molecule has 3 aromatic carbocycles. The average Bonchev–Trinajstić information content (AvgIpc) is 3.12. The fourth-order valence-electron chi connectivity index (χ4n) is 3.70. The number of carbonyl (C=O) groups excluding carboxylic acids is 3. The predicted octanol–water partition coefficient (Wildman–Crippen LogP) is 5.26. The number of rotatable bonds is 8. The van der Waals surface area contributed by atoms with E-state index >= 15 is 0 Å². The number of hydrogen-bond donors (Lipinski definition) is 2. The number of aryl methyl sites for hydroxylation is 2. The number of nitrogens with zero attached hydrogens (tertiary/aromatic N) is 1. The summed E-state index contributed by atoms with van der Waals surface area (Å²) in [4.78, 5) is 50.2. The van der Waals surface area contributed by atoms with Gasteiger partial charge in [0.05, 0.1) is 10.5 Å². The second-order valence-corrected chi connectivity index (χ2v) is 9.46. The Hall–Kier alpha value is -4.37. The predicted molar refractivity (Wildman–Crippen MR) is 141 cm³/mol. The third-order valence-corrected chi connectivity index (χ3v) is 6.54. The van der Waals surface area contributed by atoms with Gasteiger partial charge in [0.15, 0.2) is 0 Å². The van der Waals surface area contributed by atoms with Gasteiger partial charge in [-0.2, -0.15) is 0 Å². The summed E-state index contributed by atoms with van der Waals surface area (Å²) < 4.78 is 5.90. The van der Waals surface area contributed by atoms with Gasteiger partial charge in [-0.05, 0) is 67.1 Å². The number of carbonyl (C=O) groups is 4. The van der Waals surface area contributed by atoms with Crippen LogP contribution >= 0.6 is 11.8 Å². The lowest BCUT2D eigenvalue weighted by Crippen LogP contribution is -2.36. The second kappa shape index (κ2) is 11.1. The Labute approximate surface area is 217 Å². The first-order valence-electron chi connectivity index (χ1n) is 11.4. The molecule has 0 aromatic heterocycles. The van der Waals surface area contributed by atoms with E-state index in [1.54, 1.807) is 48.5 Å². The highest BCUT2D eigenvalue weighted by Crippen LogP contribution is 2.34. The van der Waals surface area contributed by atoms with Crippen molar-refractivity contribution < 1.29 is 29.0 Å². The lowest BCUT2D eigenvalue weighted by Gasteiger charge is -2.14. The average molecular weight is 517 g/mol. The van der Waals surface area contributed by atoms with Crippen LogP contribution in [-0.2, 0) is 16.2 Å². The van der Waals surface area contributed by atoms with E-state index < -0.39 is 23.0 Å². The van der Waals surface area contributed by atoms with E-state index in [0.29, 0.717) is 17.0 Å². The molecule has 0 aliphatic carbocycles. The number of nitrogens with one attached hydrogen (secondary N) is 1. The van der Waals surface area contributed by atoms with Crippen LogP contribution in [0.5, 0.6) is 5.75 Å². The number of amides is 3. The molecule has 0 saturated carbocycles. The summed E-state index contributed by atoms with van der Waals surface area (Å²) in [6.07, 6.45) is 1.57. The number of hydrogen-bond acceptors (Lipinski definition) is 6. The van der Waals surface area contributed by atoms with Gasteiger partial charge in [0.2, 0.25) is 5.91 Å². The molecule has 8 nitrogen and oxygen atoms in total. The minimum atomic E-state index is -1.01. The summed E-state index contributed by atoms with van der Waals surface area (Å²) in [6, 6.07) is 19.0. The number of imide groups is 1. The molecule has 4 rings (SSSR count). The van der Waals surface area contributed by atoms with Gasteiger partial charge in [0, 0.05) is 11.3 Å². The highest BCUT2D eigenvalue weighted by Gasteiger charge is 2.36. The molecule has 2 N–H and O–H groups in total. The summed E-state index contributed by atoms with van der Waals surface area (Å²) in [7, 11) is 0. The fraction of sp³-hybridized carbons (Fsp3) is 0.143. The highest BCUT2D eigenvalue weighted by atomic mass is 32.2. The highest BCUT2D eigenvalue weighted by molar-refractivity contribution is 8.18. The van der Waals surface area contributed by atoms with Gasteiger partial charge in [-0.1, -0.05) is 48.0 Å². The number of carboxylic acids is 1. The monoisotopic (exact) mass is 516 g/mol. The Morgan fingerprint density at radius 3 is 2.46 bits per heavy atom. The van der Waals surface area contributed by atoms with Crippen molar-refractivity contribution in [3.8, 4) is 5.75 Å². The first kappa shape index (κ1) is 25.7. The largest absolute Gasteiger partial charge is 0.488 e. The van der Waals surface area contributed by atoms with E-state index in [4.69, 9.17) is 9.84 Å². The minimum Gasteiger partial charge on any atom is -0.488 e. The molecule has 37 heavy (non-hydrogen) atoms. The van der Waals surface area contributed by atoms with Crippen molar-refractivity contribution in [1.82, 2.24) is 4.90 Å². The van der Waals surface area contributed by atoms with Gasteiger partial charge < -0.3 is 15.2 Å². The lowest BCUT2D eigenvalue weighted by molar-refractivity contribution is -0.127. The Balaban J connectivity index is 1.44. The van der Waals surface area contributed by atoms with E-state index in [9.17, 15) is 19.2 Å². The van der Waals surface area contributed by atoms with Gasteiger partial charge >= 0.3 is 5.97 Å². The van der Waals surface area contributed by atoms with Crippen molar-refractivity contribution in [2.75, 3.05) is 11.9 Å². The van der Waals surface area contributed by atoms with Crippen molar-refractivity contribution in [3.63, 3.8) is 0 Å². The molecular weight excluding hydrogens is 492 g/mol. The smallest absolute Gasteiger partial charge is 0.335 e. The van der Waals surface area contributed by atoms with Crippen molar-refractivity contribution in [2.45, 2.75) is 20.5 Å². The quantitative estimate of drug-likeness (QED) is 0.393. The number of para-hydroxylation sites is 1. The molecule has 1 fully saturated rings. The molecule has 0 radical (unpaired) electrons. The van der Waals surface area contributed by atoms with Crippen LogP contribution in [0.2, 0.25) is 0 Å². The molecule has 1 heterocycles. The van der Waals surface area contributed by atoms with Crippen molar-refractivity contribution in [3.05, 3.63) is 99.5 Å². The molecule has 3 aromatic rings. The van der Waals surface area contributed by atoms with Crippen LogP contribution in [0.25, 0.3) is 6.08 Å². The van der Waals surface area contributed by atoms with Crippen LogP contribution in [0.1, 0.15) is 32.6 Å². The summed E-state index contributed by atoms with van der Waals surface area (Å²) in [5, 5.41) is 11.3. The van der Waals surface area contributed by atoms with Gasteiger partial charge in [-0.3, -0.25) is 19.3 Å². The lowest BCUT2D eigenvalue weighted by atomic mass is 10.1. The zero-order valence-corrected chi connectivity index (χ0v) is 21.0. The SMILES string of the molecule is Cc1ccc(NC(=O)CN2C(=O)S/C(=C\c3ccccc3OCc3ccc(C(=O)O)cc3)C2=O)c(C)c1. The number of aromatic carboxylic acids is 1. The molecule has 1 aliphatic heterocycles. The normalized spacial score (nSPS) is 14.2. The number of anilines is 1. The van der Waals surface area contributed by atoms with E-state index in [1.807, 2.05) is 26.0 Å². The summed E-state index contributed by atoms with van der Waals surface area (Å²) >= 11 is 0.765. The minimum absolute atomic E-state index is 0.183. The number of thioether (sulfide) groups is 1. The molecule has 1 saturated heterocycles. The maximum Gasteiger partial charge on any atom is 0.335 e. The topological polar surface area (TPSA) is 113 Å². The van der Waals surface area contributed by atoms with Gasteiger partial charge in [0.25, 0.3) is 11.1 Å². The standard InChI is InChI=1S/C28H24N2O6S/c1-17-7-12-22(18(2)13-17)29-25(31)15-30-26(32)24(37-28(30)35)14-21-5-3-4-6-23(21)36-16-19-8-10-20(11-9-19)27(33)34/h3-14H,15-16H2,1-2H3,(H,29,31)(H,33,34)/b24-14-. The van der Waals surface area contributed by atoms with Crippen LogP contribution < -0.4 is 10.1 Å². The van der Waals surface area contributed by atoms with Crippen LogP contribution in [-0.4, -0.2) is 39.6 Å². The van der Waals surface area contributed by atoms with Gasteiger partial charge in [-0.25, -0.2) is 4.79 Å². The molecule has 1 aliphatic rings. The first-order chi connectivity index (χ1) is 17.7. The maximum atomic E-state index is 12.9. The third kappa shape index (κ3) is 6.25. The summed E-state index contributed by atoms with van der Waals surface area (Å²) in [5.41, 5.74) is 4.12. The number of ether oxygens (including phenoxy) is 1. The molecule has 9 heteroatoms. The Morgan fingerprint density at radius 1 is 1.03 bits per heavy atom. The second-order valence-electron chi connectivity index (χ2n) is 8.46. The van der Waals surface area contributed by atoms with Crippen LogP contribution in [0, 0.1) is 13.8 Å². The molecule has 0 atom stereocenters. The van der Waals surface area contributed by atoms with Crippen molar-refractivity contribution >= 4 is 46.5 Å². The van der Waals surface area contributed by atoms with E-state index in [0.717, 1.165) is 33.4 Å². The van der Waals surface area contributed by atoms with Gasteiger partial charge in [0.1, 0.15) is 18.9 Å². The van der Waals surface area contributed by atoms with Gasteiger partial charge in [-0.15, -0.1) is 0 Å². The zero-order valence-electron chi connectivity index (χ0n) is 20.2. The maximum absolute atomic E-state index is 12.9. The van der Waals surface area contributed by atoms with Crippen LogP contribution in [0.15, 0.2) is 71.6 Å². The zero-order chi connectivity index (χ0) is 26.5. The first-order valence-corrected chi connectivity index (χ1v) is 12.2. The Bertz CT molecular complexity index is 1410. The fourth-order valence-corrected chi connectivity index (χ4v) is 4.53. The third-order valence-electron chi connectivity index (χ3n) is 5.63. The molecule has 0 bridgehead atoms. The summed E-state index contributed by atoms with van der Waals surface area (Å²) in [6.45, 7) is 3.62. The molecule has 0 spiro atoms. The number of benzene rings is 3.